The van der Waals surface area contributed by atoms with Crippen LogP contribution in [-0.2, 0) is 22.7 Å². The first-order valence-corrected chi connectivity index (χ1v) is 15.0. The first kappa shape index (κ1) is 30.3. The first-order chi connectivity index (χ1) is 20.4. The van der Waals surface area contributed by atoms with Crippen LogP contribution in [-0.4, -0.2) is 71.9 Å². The van der Waals surface area contributed by atoms with Crippen molar-refractivity contribution in [2.75, 3.05) is 6.54 Å². The highest BCUT2D eigenvalue weighted by molar-refractivity contribution is 7.13. The largest absolute Gasteiger partial charge is 0.392 e. The summed E-state index contributed by atoms with van der Waals surface area (Å²) >= 11 is 1.57. The lowest BCUT2D eigenvalue weighted by molar-refractivity contribution is -0.142. The number of nitrogens with one attached hydrogen (secondary N) is 2. The fourth-order valence-corrected chi connectivity index (χ4v) is 6.03. The van der Waals surface area contributed by atoms with Crippen LogP contribution in [0.2, 0.25) is 0 Å². The molecule has 1 aromatic carbocycles. The average molecular weight is 605 g/mol. The molecule has 0 bridgehead atoms. The molecule has 43 heavy (non-hydrogen) atoms. The van der Waals surface area contributed by atoms with Gasteiger partial charge in [-0.3, -0.25) is 14.4 Å². The summed E-state index contributed by atoms with van der Waals surface area (Å²) in [6.07, 6.45) is 2.49. The van der Waals surface area contributed by atoms with Crippen molar-refractivity contribution in [3.63, 3.8) is 0 Å². The average Bonchev–Trinajstić information content (AvgIpc) is 3.71. The molecule has 1 aliphatic heterocycles. The molecular formula is C31H36N6O5S. The number of hydrogen-bond acceptors (Lipinski definition) is 8. The number of nitrogens with zero attached hydrogens (tertiary/aromatic N) is 4. The maximum atomic E-state index is 13.9. The van der Waals surface area contributed by atoms with Crippen molar-refractivity contribution in [1.82, 2.24) is 29.9 Å². The van der Waals surface area contributed by atoms with Crippen LogP contribution in [0.1, 0.15) is 54.5 Å². The summed E-state index contributed by atoms with van der Waals surface area (Å²) in [5.41, 5.74) is 5.29. The van der Waals surface area contributed by atoms with E-state index in [9.17, 15) is 24.6 Å². The van der Waals surface area contributed by atoms with Gasteiger partial charge in [-0.25, -0.2) is 9.97 Å². The van der Waals surface area contributed by atoms with Gasteiger partial charge in [0, 0.05) is 31.9 Å². The second kappa shape index (κ2) is 12.2. The van der Waals surface area contributed by atoms with E-state index in [2.05, 4.69) is 20.6 Å². The Balaban J connectivity index is 1.27. The third-order valence-corrected chi connectivity index (χ3v) is 8.60. The molecule has 0 radical (unpaired) electrons. The molecule has 5 rings (SSSR count). The van der Waals surface area contributed by atoms with Crippen LogP contribution in [0, 0.1) is 12.3 Å². The fraction of sp³-hybridized carbons (Fsp3) is 0.387. The highest BCUT2D eigenvalue weighted by Crippen LogP contribution is 2.28. The van der Waals surface area contributed by atoms with Crippen molar-refractivity contribution in [2.24, 2.45) is 5.41 Å². The van der Waals surface area contributed by atoms with Gasteiger partial charge in [-0.15, -0.1) is 11.3 Å². The molecule has 1 saturated heterocycles. The molecule has 0 spiro atoms. The first-order valence-electron chi connectivity index (χ1n) is 14.1. The standard InChI is InChI=1S/C31H36N6O5S/c1-18-26(43-17-33-18)21-7-5-19(6-8-21)13-32-29(41)24-12-22(39)14-37(24)30(42)27(31(2,3)4)35-28(40)23-15-36-10-9-20(16-38)11-25(36)34-23/h5-11,15,17,22,24,27,38-39H,12-14,16H2,1-4H3,(H,32,41)(H,35,40)/t22-,24+,27+/m1/s1. The molecule has 226 valence electrons. The molecule has 0 unspecified atom stereocenters. The Morgan fingerprint density at radius 2 is 1.88 bits per heavy atom. The van der Waals surface area contributed by atoms with Crippen LogP contribution in [0.15, 0.2) is 54.3 Å². The van der Waals surface area contributed by atoms with Crippen molar-refractivity contribution >= 4 is 34.7 Å². The van der Waals surface area contributed by atoms with E-state index in [0.29, 0.717) is 11.2 Å². The molecular weight excluding hydrogens is 568 g/mol. The molecule has 12 heteroatoms. The third kappa shape index (κ3) is 6.61. The van der Waals surface area contributed by atoms with Crippen LogP contribution < -0.4 is 10.6 Å². The minimum absolute atomic E-state index is 0.0133. The van der Waals surface area contributed by atoms with E-state index < -0.39 is 35.4 Å². The Bertz CT molecular complexity index is 1640. The second-order valence-electron chi connectivity index (χ2n) is 11.9. The Labute approximate surface area is 253 Å². The molecule has 4 heterocycles. The SMILES string of the molecule is Cc1ncsc1-c1ccc(CNC(=O)[C@@H]2C[C@@H](O)CN2C(=O)[C@H](NC(=O)c2cn3ccc(CO)cc3n2)C(C)(C)C)cc1. The summed E-state index contributed by atoms with van der Waals surface area (Å²) in [4.78, 5) is 51.6. The number of rotatable bonds is 8. The summed E-state index contributed by atoms with van der Waals surface area (Å²) in [7, 11) is 0. The Kier molecular flexibility index (Phi) is 8.63. The van der Waals surface area contributed by atoms with E-state index in [4.69, 9.17) is 0 Å². The third-order valence-electron chi connectivity index (χ3n) is 7.62. The van der Waals surface area contributed by atoms with Gasteiger partial charge < -0.3 is 30.1 Å². The van der Waals surface area contributed by atoms with Crippen molar-refractivity contribution in [3.8, 4) is 10.4 Å². The minimum Gasteiger partial charge on any atom is -0.392 e. The summed E-state index contributed by atoms with van der Waals surface area (Å²) in [5.74, 6) is -1.36. The number of hydrogen-bond donors (Lipinski definition) is 4. The highest BCUT2D eigenvalue weighted by atomic mass is 32.1. The van der Waals surface area contributed by atoms with E-state index >= 15 is 0 Å². The predicted octanol–water partition coefficient (Wildman–Crippen LogP) is 2.68. The molecule has 0 saturated carbocycles. The molecule has 3 aromatic heterocycles. The number of benzene rings is 1. The number of β-amino-alcohol motifs (C(OH)–C–C–N with tert-alkyl or cyclic N) is 1. The smallest absolute Gasteiger partial charge is 0.272 e. The molecule has 1 fully saturated rings. The number of carbonyl (C=O) groups is 3. The number of imidazole rings is 1. The summed E-state index contributed by atoms with van der Waals surface area (Å²) in [5, 5.41) is 25.6. The van der Waals surface area contributed by atoms with Gasteiger partial charge in [-0.1, -0.05) is 45.0 Å². The Morgan fingerprint density at radius 3 is 2.53 bits per heavy atom. The summed E-state index contributed by atoms with van der Waals surface area (Å²) < 4.78 is 1.66. The molecule has 3 atom stereocenters. The van der Waals surface area contributed by atoms with Gasteiger partial charge in [0.05, 0.1) is 28.8 Å². The number of thiazole rings is 1. The molecule has 4 aromatic rings. The number of fused-ring (bicyclic) bond motifs is 1. The van der Waals surface area contributed by atoms with Gasteiger partial charge in [0.25, 0.3) is 5.91 Å². The number of aliphatic hydroxyl groups excluding tert-OH is 2. The number of aromatic nitrogens is 3. The predicted molar refractivity (Wildman–Crippen MR) is 162 cm³/mol. The lowest BCUT2D eigenvalue weighted by Crippen LogP contribution is -2.57. The Hall–Kier alpha value is -4.13. The molecule has 3 amide bonds. The topological polar surface area (TPSA) is 149 Å². The lowest BCUT2D eigenvalue weighted by Gasteiger charge is -2.35. The van der Waals surface area contributed by atoms with E-state index in [1.807, 2.05) is 57.5 Å². The summed E-state index contributed by atoms with van der Waals surface area (Å²) in [6.45, 7) is 7.54. The van der Waals surface area contributed by atoms with Gasteiger partial charge >= 0.3 is 0 Å². The van der Waals surface area contributed by atoms with Crippen molar-refractivity contribution < 1.29 is 24.6 Å². The van der Waals surface area contributed by atoms with Crippen LogP contribution in [0.25, 0.3) is 16.1 Å². The molecule has 11 nitrogen and oxygen atoms in total. The van der Waals surface area contributed by atoms with Crippen molar-refractivity contribution in [3.05, 3.63) is 76.8 Å². The van der Waals surface area contributed by atoms with Crippen LogP contribution in [0.3, 0.4) is 0 Å². The van der Waals surface area contributed by atoms with Crippen LogP contribution in [0.4, 0.5) is 0 Å². The number of carbonyl (C=O) groups excluding carboxylic acids is 3. The van der Waals surface area contributed by atoms with Gasteiger partial charge in [0.2, 0.25) is 11.8 Å². The van der Waals surface area contributed by atoms with E-state index in [0.717, 1.165) is 21.7 Å². The fourth-order valence-electron chi connectivity index (χ4n) is 5.22. The normalized spacial score (nSPS) is 17.7. The molecule has 4 N–H and O–H groups in total. The maximum absolute atomic E-state index is 13.9. The second-order valence-corrected chi connectivity index (χ2v) is 12.8. The van der Waals surface area contributed by atoms with Gasteiger partial charge in [-0.05, 0) is 41.2 Å². The van der Waals surface area contributed by atoms with Crippen molar-refractivity contribution in [2.45, 2.75) is 65.5 Å². The van der Waals surface area contributed by atoms with Crippen LogP contribution >= 0.6 is 11.3 Å². The number of aryl methyl sites for hydroxylation is 1. The van der Waals surface area contributed by atoms with Crippen molar-refractivity contribution in [1.29, 1.82) is 0 Å². The van der Waals surface area contributed by atoms with Gasteiger partial charge in [-0.2, -0.15) is 0 Å². The minimum atomic E-state index is -0.985. The molecule has 0 aliphatic carbocycles. The zero-order valence-electron chi connectivity index (χ0n) is 24.6. The Morgan fingerprint density at radius 1 is 1.14 bits per heavy atom. The van der Waals surface area contributed by atoms with Gasteiger partial charge in [0.15, 0.2) is 0 Å². The number of likely N-dealkylation sites (tertiary alicyclic amines) is 1. The monoisotopic (exact) mass is 604 g/mol. The maximum Gasteiger partial charge on any atom is 0.272 e. The number of amides is 3. The van der Waals surface area contributed by atoms with E-state index in [1.165, 1.54) is 4.90 Å². The number of pyridine rings is 1. The lowest BCUT2D eigenvalue weighted by atomic mass is 9.85. The highest BCUT2D eigenvalue weighted by Gasteiger charge is 2.44. The summed E-state index contributed by atoms with van der Waals surface area (Å²) in [6, 6.07) is 9.39. The van der Waals surface area contributed by atoms with E-state index in [-0.39, 0.29) is 37.7 Å². The van der Waals surface area contributed by atoms with Gasteiger partial charge in [0.1, 0.15) is 23.4 Å². The zero-order valence-corrected chi connectivity index (χ0v) is 25.4. The number of aliphatic hydroxyl groups is 2. The quantitative estimate of drug-likeness (QED) is 0.242. The van der Waals surface area contributed by atoms with Crippen LogP contribution in [0.5, 0.6) is 0 Å². The zero-order chi connectivity index (χ0) is 30.9. The molecule has 1 aliphatic rings. The van der Waals surface area contributed by atoms with E-state index in [1.54, 1.807) is 40.3 Å².